The Labute approximate surface area is 145 Å². The predicted octanol–water partition coefficient (Wildman–Crippen LogP) is 2.89. The topological polar surface area (TPSA) is 58.2 Å². The average molecular weight is 346 g/mol. The number of rotatable bonds is 7. The summed E-state index contributed by atoms with van der Waals surface area (Å²) in [6.07, 6.45) is 0.432. The van der Waals surface area contributed by atoms with Crippen molar-refractivity contribution in [3.05, 3.63) is 71.3 Å². The van der Waals surface area contributed by atoms with E-state index in [1.807, 2.05) is 0 Å². The molecule has 0 aliphatic carbocycles. The first kappa shape index (κ1) is 18.6. The van der Waals surface area contributed by atoms with Gasteiger partial charge in [0.15, 0.2) is 0 Å². The molecule has 0 bridgehead atoms. The minimum absolute atomic E-state index is 0.106. The highest BCUT2D eigenvalue weighted by molar-refractivity contribution is 5.78. The van der Waals surface area contributed by atoms with Crippen molar-refractivity contribution in [3.8, 4) is 0 Å². The van der Waals surface area contributed by atoms with Gasteiger partial charge in [0.1, 0.15) is 11.6 Å². The monoisotopic (exact) mass is 346 g/mol. The molecule has 0 aromatic heterocycles. The first-order chi connectivity index (χ1) is 11.9. The average Bonchev–Trinajstić information content (AvgIpc) is 2.54. The lowest BCUT2D eigenvalue weighted by atomic mass is 9.98. The van der Waals surface area contributed by atoms with Crippen molar-refractivity contribution in [2.45, 2.75) is 25.8 Å². The van der Waals surface area contributed by atoms with Crippen LogP contribution in [0.15, 0.2) is 48.5 Å². The van der Waals surface area contributed by atoms with Gasteiger partial charge in [-0.25, -0.2) is 8.78 Å². The van der Waals surface area contributed by atoms with Gasteiger partial charge in [0.05, 0.1) is 6.04 Å². The van der Waals surface area contributed by atoms with Crippen molar-refractivity contribution in [1.29, 1.82) is 0 Å². The zero-order valence-corrected chi connectivity index (χ0v) is 13.9. The summed E-state index contributed by atoms with van der Waals surface area (Å²) in [7, 11) is 0. The van der Waals surface area contributed by atoms with Crippen molar-refractivity contribution in [1.82, 2.24) is 10.6 Å². The first-order valence-corrected chi connectivity index (χ1v) is 7.98. The molecule has 0 aliphatic heterocycles. The lowest BCUT2D eigenvalue weighted by Crippen LogP contribution is -2.33. The molecule has 1 unspecified atom stereocenters. The smallest absolute Gasteiger partial charge is 0.222 e. The molecular formula is C19H20F2N2O2. The van der Waals surface area contributed by atoms with Crippen molar-refractivity contribution >= 4 is 11.8 Å². The van der Waals surface area contributed by atoms with Gasteiger partial charge in [-0.15, -0.1) is 0 Å². The van der Waals surface area contributed by atoms with Crippen LogP contribution >= 0.6 is 0 Å². The molecule has 6 heteroatoms. The number of carbonyl (C=O) groups is 2. The molecule has 25 heavy (non-hydrogen) atoms. The number of hydrogen-bond donors (Lipinski definition) is 2. The summed E-state index contributed by atoms with van der Waals surface area (Å²) < 4.78 is 26.9. The SMILES string of the molecule is CC(=O)NCCC(=O)NC(Cc1cccc(F)c1)c1cccc(F)c1. The Morgan fingerprint density at radius 3 is 2.36 bits per heavy atom. The molecule has 0 saturated carbocycles. The highest BCUT2D eigenvalue weighted by Gasteiger charge is 2.16. The first-order valence-electron chi connectivity index (χ1n) is 7.98. The van der Waals surface area contributed by atoms with E-state index in [4.69, 9.17) is 0 Å². The third-order valence-electron chi connectivity index (χ3n) is 3.64. The Balaban J connectivity index is 2.11. The maximum absolute atomic E-state index is 13.5. The summed E-state index contributed by atoms with van der Waals surface area (Å²) in [4.78, 5) is 23.0. The van der Waals surface area contributed by atoms with Crippen molar-refractivity contribution in [3.63, 3.8) is 0 Å². The van der Waals surface area contributed by atoms with Gasteiger partial charge in [0, 0.05) is 19.9 Å². The molecular weight excluding hydrogens is 326 g/mol. The zero-order valence-electron chi connectivity index (χ0n) is 13.9. The number of halogens is 2. The number of hydrogen-bond acceptors (Lipinski definition) is 2. The van der Waals surface area contributed by atoms with Gasteiger partial charge in [-0.05, 0) is 41.8 Å². The van der Waals surface area contributed by atoms with Crippen molar-refractivity contribution < 1.29 is 18.4 Å². The second-order valence-electron chi connectivity index (χ2n) is 5.74. The minimum Gasteiger partial charge on any atom is -0.356 e. The van der Waals surface area contributed by atoms with Crippen LogP contribution in [0.1, 0.15) is 30.5 Å². The fourth-order valence-corrected chi connectivity index (χ4v) is 2.49. The number of carbonyl (C=O) groups excluding carboxylic acids is 2. The summed E-state index contributed by atoms with van der Waals surface area (Å²) in [6.45, 7) is 1.59. The van der Waals surface area contributed by atoms with Gasteiger partial charge in [-0.2, -0.15) is 0 Å². The van der Waals surface area contributed by atoms with E-state index in [2.05, 4.69) is 10.6 Å². The minimum atomic E-state index is -0.498. The van der Waals surface area contributed by atoms with Gasteiger partial charge < -0.3 is 10.6 Å². The summed E-state index contributed by atoms with van der Waals surface area (Å²) in [6, 6.07) is 11.5. The molecule has 0 aliphatic rings. The van der Waals surface area contributed by atoms with Gasteiger partial charge in [0.2, 0.25) is 11.8 Å². The number of amides is 2. The normalized spacial score (nSPS) is 11.6. The molecule has 0 saturated heterocycles. The van der Waals surface area contributed by atoms with E-state index in [0.717, 1.165) is 0 Å². The van der Waals surface area contributed by atoms with E-state index in [1.54, 1.807) is 24.3 Å². The number of nitrogens with one attached hydrogen (secondary N) is 2. The van der Waals surface area contributed by atoms with Crippen LogP contribution in [0.4, 0.5) is 8.78 Å². The van der Waals surface area contributed by atoms with Crippen LogP contribution in [0.2, 0.25) is 0 Å². The second kappa shape index (κ2) is 8.92. The van der Waals surface area contributed by atoms with E-state index in [1.165, 1.54) is 31.2 Å². The van der Waals surface area contributed by atoms with Gasteiger partial charge in [-0.1, -0.05) is 24.3 Å². The third-order valence-corrected chi connectivity index (χ3v) is 3.64. The largest absolute Gasteiger partial charge is 0.356 e. The Hall–Kier alpha value is -2.76. The van der Waals surface area contributed by atoms with E-state index in [-0.39, 0.29) is 30.6 Å². The highest BCUT2D eigenvalue weighted by atomic mass is 19.1. The molecule has 132 valence electrons. The molecule has 2 aromatic rings. The van der Waals surface area contributed by atoms with Crippen LogP contribution in [0.25, 0.3) is 0 Å². The molecule has 2 amide bonds. The van der Waals surface area contributed by atoms with Gasteiger partial charge in [0.25, 0.3) is 0 Å². The fraction of sp³-hybridized carbons (Fsp3) is 0.263. The molecule has 0 fully saturated rings. The Bertz CT molecular complexity index is 750. The Morgan fingerprint density at radius 2 is 1.72 bits per heavy atom. The van der Waals surface area contributed by atoms with Gasteiger partial charge in [-0.3, -0.25) is 9.59 Å². The van der Waals surface area contributed by atoms with Crippen LogP contribution in [-0.2, 0) is 16.0 Å². The summed E-state index contributed by atoms with van der Waals surface area (Å²) in [5.74, 6) is -1.27. The lowest BCUT2D eigenvalue weighted by Gasteiger charge is -2.20. The fourth-order valence-electron chi connectivity index (χ4n) is 2.49. The standard InChI is InChI=1S/C19H20F2N2O2/c1-13(24)22-9-8-19(25)23-18(15-5-3-7-17(21)12-15)11-14-4-2-6-16(20)10-14/h2-7,10,12,18H,8-9,11H2,1H3,(H,22,24)(H,23,25). The summed E-state index contributed by atoms with van der Waals surface area (Å²) in [5, 5.41) is 5.37. The van der Waals surface area contributed by atoms with Crippen LogP contribution in [0.5, 0.6) is 0 Å². The third kappa shape index (κ3) is 6.33. The molecule has 2 rings (SSSR count). The maximum Gasteiger partial charge on any atom is 0.222 e. The molecule has 1 atom stereocenters. The highest BCUT2D eigenvalue weighted by Crippen LogP contribution is 2.20. The van der Waals surface area contributed by atoms with Crippen LogP contribution in [0, 0.1) is 11.6 Å². The summed E-state index contributed by atoms with van der Waals surface area (Å²) in [5.41, 5.74) is 1.29. The predicted molar refractivity (Wildman–Crippen MR) is 90.7 cm³/mol. The van der Waals surface area contributed by atoms with Crippen LogP contribution in [-0.4, -0.2) is 18.4 Å². The Morgan fingerprint density at radius 1 is 1.04 bits per heavy atom. The van der Waals surface area contributed by atoms with E-state index < -0.39 is 11.9 Å². The molecule has 0 heterocycles. The van der Waals surface area contributed by atoms with Crippen LogP contribution in [0.3, 0.4) is 0 Å². The lowest BCUT2D eigenvalue weighted by molar-refractivity contribution is -0.122. The van der Waals surface area contributed by atoms with E-state index >= 15 is 0 Å². The van der Waals surface area contributed by atoms with E-state index in [0.29, 0.717) is 17.5 Å². The second-order valence-corrected chi connectivity index (χ2v) is 5.74. The Kier molecular flexibility index (Phi) is 6.62. The van der Waals surface area contributed by atoms with Crippen molar-refractivity contribution in [2.24, 2.45) is 0 Å². The molecule has 2 N–H and O–H groups in total. The summed E-state index contributed by atoms with van der Waals surface area (Å²) >= 11 is 0. The zero-order chi connectivity index (χ0) is 18.2. The molecule has 0 radical (unpaired) electrons. The van der Waals surface area contributed by atoms with Crippen molar-refractivity contribution in [2.75, 3.05) is 6.54 Å². The quantitative estimate of drug-likeness (QED) is 0.810. The van der Waals surface area contributed by atoms with Gasteiger partial charge >= 0.3 is 0 Å². The molecule has 2 aromatic carbocycles. The van der Waals surface area contributed by atoms with E-state index in [9.17, 15) is 18.4 Å². The maximum atomic E-state index is 13.5. The van der Waals surface area contributed by atoms with Crippen LogP contribution < -0.4 is 10.6 Å². The number of benzene rings is 2. The molecule has 4 nitrogen and oxygen atoms in total. The molecule has 0 spiro atoms.